The Morgan fingerprint density at radius 3 is 2.21 bits per heavy atom. The molecular weight excluding hydrogens is 710 g/mol. The minimum Gasteiger partial charge on any atom is -0.444 e. The summed E-state index contributed by atoms with van der Waals surface area (Å²) in [7, 11) is 0. The van der Waals surface area contributed by atoms with Crippen molar-refractivity contribution in [2.75, 3.05) is 10.6 Å². The van der Waals surface area contributed by atoms with Crippen LogP contribution in [0.15, 0.2) is 77.8 Å². The van der Waals surface area contributed by atoms with Gasteiger partial charge in [-0.3, -0.25) is 24.5 Å². The number of aromatic nitrogens is 3. The zero-order valence-corrected chi connectivity index (χ0v) is 32.5. The highest BCUT2D eigenvalue weighted by Gasteiger charge is 2.40. The molecule has 0 aliphatic carbocycles. The van der Waals surface area contributed by atoms with Gasteiger partial charge in [-0.25, -0.2) is 4.79 Å². The smallest absolute Gasteiger partial charge is 0.412 e. The number of para-hydroxylation sites is 2. The Morgan fingerprint density at radius 1 is 0.925 bits per heavy atom. The average molecular weight is 752 g/mol. The lowest BCUT2D eigenvalue weighted by atomic mass is 9.94. The fraction of sp³-hybridized carbons (Fsp3) is 0.300. The second-order valence-electron chi connectivity index (χ2n) is 14.3. The first-order chi connectivity index (χ1) is 25.0. The van der Waals surface area contributed by atoms with E-state index in [9.17, 15) is 14.4 Å². The van der Waals surface area contributed by atoms with Crippen molar-refractivity contribution in [3.63, 3.8) is 0 Å². The molecule has 274 valence electrons. The van der Waals surface area contributed by atoms with Crippen LogP contribution in [0.3, 0.4) is 0 Å². The predicted molar refractivity (Wildman–Crippen MR) is 210 cm³/mol. The van der Waals surface area contributed by atoms with Crippen molar-refractivity contribution >= 4 is 57.9 Å². The van der Waals surface area contributed by atoms with Crippen LogP contribution in [0.25, 0.3) is 5.00 Å². The summed E-state index contributed by atoms with van der Waals surface area (Å²) in [6.45, 7) is 15.2. The van der Waals surface area contributed by atoms with E-state index >= 15 is 0 Å². The lowest BCUT2D eigenvalue weighted by Crippen LogP contribution is -2.35. The molecule has 1 unspecified atom stereocenters. The summed E-state index contributed by atoms with van der Waals surface area (Å²) in [5.74, 6) is 0.714. The topological polar surface area (TPSA) is 140 Å². The molecule has 0 fully saturated rings. The molecule has 0 bridgehead atoms. The Morgan fingerprint density at radius 2 is 1.57 bits per heavy atom. The van der Waals surface area contributed by atoms with Gasteiger partial charge in [-0.15, -0.1) is 21.5 Å². The molecule has 11 nitrogen and oxygen atoms in total. The normalized spacial score (nSPS) is 15.7. The molecule has 5 aromatic rings. The summed E-state index contributed by atoms with van der Waals surface area (Å²) >= 11 is 7.92. The van der Waals surface area contributed by atoms with Gasteiger partial charge in [0, 0.05) is 26.6 Å². The van der Waals surface area contributed by atoms with Crippen molar-refractivity contribution < 1.29 is 19.1 Å². The van der Waals surface area contributed by atoms with Crippen LogP contribution in [0.1, 0.15) is 96.2 Å². The molecule has 1 aliphatic heterocycles. The maximum absolute atomic E-state index is 13.9. The quantitative estimate of drug-likeness (QED) is 0.145. The molecule has 1 aliphatic rings. The molecule has 13 heteroatoms. The van der Waals surface area contributed by atoms with E-state index in [0.717, 1.165) is 37.8 Å². The van der Waals surface area contributed by atoms with Gasteiger partial charge in [-0.2, -0.15) is 0 Å². The molecule has 0 saturated heterocycles. The Labute approximate surface area is 317 Å². The van der Waals surface area contributed by atoms with E-state index in [-0.39, 0.29) is 24.3 Å². The van der Waals surface area contributed by atoms with Crippen LogP contribution in [-0.4, -0.2) is 44.0 Å². The van der Waals surface area contributed by atoms with Crippen molar-refractivity contribution in [1.82, 2.24) is 20.1 Å². The summed E-state index contributed by atoms with van der Waals surface area (Å²) in [6.07, 6.45) is -0.614. The number of nitrogens with zero attached hydrogens (tertiary/aromatic N) is 4. The van der Waals surface area contributed by atoms with Crippen LogP contribution in [0.4, 0.5) is 16.2 Å². The molecule has 0 spiro atoms. The molecule has 2 aromatic heterocycles. The van der Waals surface area contributed by atoms with Crippen LogP contribution in [0.2, 0.25) is 5.02 Å². The maximum Gasteiger partial charge on any atom is 0.412 e. The van der Waals surface area contributed by atoms with E-state index in [4.69, 9.17) is 21.3 Å². The number of amides is 3. The van der Waals surface area contributed by atoms with Crippen molar-refractivity contribution in [1.29, 1.82) is 0 Å². The van der Waals surface area contributed by atoms with Gasteiger partial charge in [0.05, 0.1) is 29.5 Å². The summed E-state index contributed by atoms with van der Waals surface area (Å²) in [5.41, 5.74) is 4.07. The average Bonchev–Trinajstić information content (AvgIpc) is 3.59. The summed E-state index contributed by atoms with van der Waals surface area (Å²) in [5, 5.41) is 19.3. The van der Waals surface area contributed by atoms with Crippen molar-refractivity contribution in [3.8, 4) is 5.00 Å². The van der Waals surface area contributed by atoms with E-state index in [1.165, 1.54) is 0 Å². The lowest BCUT2D eigenvalue weighted by Gasteiger charge is -2.25. The number of thiophene rings is 1. The van der Waals surface area contributed by atoms with E-state index in [1.54, 1.807) is 80.6 Å². The third-order valence-electron chi connectivity index (χ3n) is 8.96. The molecule has 3 heterocycles. The van der Waals surface area contributed by atoms with E-state index in [0.29, 0.717) is 33.6 Å². The van der Waals surface area contributed by atoms with Gasteiger partial charge in [-0.05, 0) is 103 Å². The summed E-state index contributed by atoms with van der Waals surface area (Å²) < 4.78 is 7.38. The number of halogens is 1. The number of hydrogen-bond donors (Lipinski definition) is 3. The molecular formula is C40H42ClN7O4S. The monoisotopic (exact) mass is 751 g/mol. The van der Waals surface area contributed by atoms with Crippen LogP contribution >= 0.6 is 22.9 Å². The summed E-state index contributed by atoms with van der Waals surface area (Å²) in [4.78, 5) is 45.9. The van der Waals surface area contributed by atoms with Crippen LogP contribution in [-0.2, 0) is 15.1 Å². The van der Waals surface area contributed by atoms with E-state index < -0.39 is 17.2 Å². The number of benzene rings is 3. The van der Waals surface area contributed by atoms with Crippen LogP contribution in [0, 0.1) is 20.8 Å². The highest BCUT2D eigenvalue weighted by molar-refractivity contribution is 7.15. The molecule has 0 saturated carbocycles. The first-order valence-electron chi connectivity index (χ1n) is 17.2. The first-order valence-corrected chi connectivity index (χ1v) is 18.4. The number of ether oxygens (including phenoxy) is 1. The van der Waals surface area contributed by atoms with Gasteiger partial charge in [-0.1, -0.05) is 48.0 Å². The Balaban J connectivity index is 1.19. The van der Waals surface area contributed by atoms with Gasteiger partial charge in [0.25, 0.3) is 5.91 Å². The van der Waals surface area contributed by atoms with Crippen LogP contribution < -0.4 is 16.0 Å². The van der Waals surface area contributed by atoms with Gasteiger partial charge in [0.1, 0.15) is 22.0 Å². The number of carbonyl (C=O) groups excluding carboxylic acids is 3. The molecule has 3 aromatic carbocycles. The van der Waals surface area contributed by atoms with Crippen molar-refractivity contribution in [3.05, 3.63) is 122 Å². The molecule has 2 atom stereocenters. The molecule has 3 N–H and O–H groups in total. The predicted octanol–water partition coefficient (Wildman–Crippen LogP) is 8.84. The first kappa shape index (κ1) is 37.4. The minimum absolute atomic E-state index is 0.0107. The Hall–Kier alpha value is -5.33. The molecule has 0 radical (unpaired) electrons. The van der Waals surface area contributed by atoms with Crippen molar-refractivity contribution in [2.45, 2.75) is 79.0 Å². The zero-order chi connectivity index (χ0) is 38.2. The van der Waals surface area contributed by atoms with E-state index in [1.807, 2.05) is 49.6 Å². The number of rotatable bonds is 8. The number of fused-ring (bicyclic) bond motifs is 3. The van der Waals surface area contributed by atoms with Crippen molar-refractivity contribution in [2.24, 2.45) is 4.99 Å². The number of carbonyl (C=O) groups is 3. The number of aryl methyl sites for hydroxylation is 2. The molecule has 53 heavy (non-hydrogen) atoms. The zero-order valence-electron chi connectivity index (χ0n) is 30.9. The fourth-order valence-electron chi connectivity index (χ4n) is 6.21. The highest BCUT2D eigenvalue weighted by atomic mass is 35.5. The van der Waals surface area contributed by atoms with Gasteiger partial charge < -0.3 is 15.4 Å². The number of hydrogen-bond acceptors (Lipinski definition) is 8. The number of nitrogens with one attached hydrogen (secondary N) is 3. The number of anilines is 2. The third-order valence-corrected chi connectivity index (χ3v) is 10.4. The second kappa shape index (κ2) is 14.6. The maximum atomic E-state index is 13.9. The Kier molecular flexibility index (Phi) is 10.3. The third kappa shape index (κ3) is 8.03. The fourth-order valence-corrected chi connectivity index (χ4v) is 7.54. The lowest BCUT2D eigenvalue weighted by molar-refractivity contribution is -0.122. The SMILES string of the molecule is Cc1sc2c(c1C)C(c1ccc(Cl)cc1)=N[C@@](C)(CC(=O)NC(C)c1ccc(C(=O)Nc3ccccc3NC(=O)OC(C)(C)C)cc1)c1nnc(C)n1-2. The van der Waals surface area contributed by atoms with E-state index in [2.05, 4.69) is 40.0 Å². The van der Waals surface area contributed by atoms with Gasteiger partial charge in [0.2, 0.25) is 5.91 Å². The number of aliphatic imine (C=N–C) groups is 1. The highest BCUT2D eigenvalue weighted by Crippen LogP contribution is 2.42. The van der Waals surface area contributed by atoms with Gasteiger partial charge >= 0.3 is 6.09 Å². The largest absolute Gasteiger partial charge is 0.444 e. The molecule has 6 rings (SSSR count). The molecule has 3 amide bonds. The second-order valence-corrected chi connectivity index (χ2v) is 16.0. The standard InChI is InChI=1S/C40H42ClN7O4S/c1-22-24(3)53-36-33(22)34(27-17-19-29(41)20-18-27)45-40(8,37-47-46-25(4)48(36)37)21-32(49)42-23(2)26-13-15-28(16-14-26)35(50)43-30-11-9-10-12-31(30)44-38(51)52-39(5,6)7/h9-20,23H,21H2,1-8H3,(H,42,49)(H,43,50)(H,44,51)/t23?,40-/m0/s1. The van der Waals surface area contributed by atoms with Gasteiger partial charge in [0.15, 0.2) is 5.82 Å². The Bertz CT molecular complexity index is 2240. The van der Waals surface area contributed by atoms with Crippen LogP contribution in [0.5, 0.6) is 0 Å². The summed E-state index contributed by atoms with van der Waals surface area (Å²) in [6, 6.07) is 21.1. The minimum atomic E-state index is -1.06.